The van der Waals surface area contributed by atoms with Gasteiger partial charge in [0.15, 0.2) is 0 Å². The lowest BCUT2D eigenvalue weighted by molar-refractivity contribution is 0.0916. The number of nitrogens with zero attached hydrogens (tertiary/aromatic N) is 1. The minimum Gasteiger partial charge on any atom is -0.387 e. The third-order valence-electron chi connectivity index (χ3n) is 3.40. The molecule has 23 heavy (non-hydrogen) atoms. The van der Waals surface area contributed by atoms with Crippen molar-refractivity contribution in [1.82, 2.24) is 10.3 Å². The molecule has 0 aliphatic carbocycles. The van der Waals surface area contributed by atoms with Crippen LogP contribution in [0.15, 0.2) is 46.5 Å². The predicted molar refractivity (Wildman–Crippen MR) is 93.9 cm³/mol. The van der Waals surface area contributed by atoms with Gasteiger partial charge in [0.1, 0.15) is 5.01 Å². The van der Waals surface area contributed by atoms with Crippen LogP contribution in [-0.2, 0) is 0 Å². The van der Waals surface area contributed by atoms with Crippen molar-refractivity contribution in [3.8, 4) is 10.6 Å². The van der Waals surface area contributed by atoms with Gasteiger partial charge in [0.05, 0.1) is 6.10 Å². The van der Waals surface area contributed by atoms with Gasteiger partial charge in [0, 0.05) is 28.7 Å². The molecule has 0 radical (unpaired) electrons. The van der Waals surface area contributed by atoms with E-state index in [4.69, 9.17) is 0 Å². The Bertz CT molecular complexity index is 779. The smallest absolute Gasteiger partial charge is 0.251 e. The van der Waals surface area contributed by atoms with Crippen LogP contribution in [0.25, 0.3) is 10.6 Å². The van der Waals surface area contributed by atoms with Crippen molar-refractivity contribution in [2.75, 3.05) is 6.54 Å². The SMILES string of the molecule is Cc1csc(-c2ccc(C(=O)NCC(O)c3ccsc3)cc2)n1. The Hall–Kier alpha value is -2.02. The minimum absolute atomic E-state index is 0.193. The Morgan fingerprint density at radius 1 is 1.26 bits per heavy atom. The lowest BCUT2D eigenvalue weighted by Gasteiger charge is -2.10. The zero-order valence-electron chi connectivity index (χ0n) is 12.5. The monoisotopic (exact) mass is 344 g/mol. The summed E-state index contributed by atoms with van der Waals surface area (Å²) in [5, 5.41) is 19.5. The van der Waals surface area contributed by atoms with Crippen LogP contribution in [0.1, 0.15) is 27.7 Å². The highest BCUT2D eigenvalue weighted by molar-refractivity contribution is 7.13. The van der Waals surface area contributed by atoms with Crippen molar-refractivity contribution in [3.63, 3.8) is 0 Å². The molecule has 0 saturated heterocycles. The molecule has 3 rings (SSSR count). The second-order valence-corrected chi connectivity index (χ2v) is 6.79. The molecule has 0 bridgehead atoms. The number of carbonyl (C=O) groups excluding carboxylic acids is 1. The van der Waals surface area contributed by atoms with E-state index in [0.717, 1.165) is 21.8 Å². The molecular weight excluding hydrogens is 328 g/mol. The second-order valence-electron chi connectivity index (χ2n) is 5.15. The van der Waals surface area contributed by atoms with E-state index in [9.17, 15) is 9.90 Å². The first-order chi connectivity index (χ1) is 11.1. The van der Waals surface area contributed by atoms with E-state index >= 15 is 0 Å². The third kappa shape index (κ3) is 3.85. The second kappa shape index (κ2) is 7.04. The lowest BCUT2D eigenvalue weighted by Crippen LogP contribution is -2.28. The van der Waals surface area contributed by atoms with Gasteiger partial charge in [-0.25, -0.2) is 4.98 Å². The molecule has 0 aliphatic rings. The highest BCUT2D eigenvalue weighted by Crippen LogP contribution is 2.23. The van der Waals surface area contributed by atoms with Crippen LogP contribution in [-0.4, -0.2) is 22.5 Å². The quantitative estimate of drug-likeness (QED) is 0.743. The Labute approximate surface area is 142 Å². The van der Waals surface area contributed by atoms with Gasteiger partial charge in [0.2, 0.25) is 0 Å². The van der Waals surface area contributed by atoms with Gasteiger partial charge in [-0.3, -0.25) is 4.79 Å². The summed E-state index contributed by atoms with van der Waals surface area (Å²) in [5.74, 6) is -0.193. The number of aromatic nitrogens is 1. The Morgan fingerprint density at radius 3 is 2.65 bits per heavy atom. The maximum absolute atomic E-state index is 12.1. The molecule has 118 valence electrons. The normalized spacial score (nSPS) is 12.1. The van der Waals surface area contributed by atoms with Crippen molar-refractivity contribution >= 4 is 28.6 Å². The zero-order chi connectivity index (χ0) is 16.2. The van der Waals surface area contributed by atoms with E-state index in [0.29, 0.717) is 5.56 Å². The summed E-state index contributed by atoms with van der Waals surface area (Å²) in [5.41, 5.74) is 3.39. The molecule has 1 unspecified atom stereocenters. The number of amides is 1. The molecule has 0 saturated carbocycles. The first kappa shape index (κ1) is 15.9. The largest absolute Gasteiger partial charge is 0.387 e. The van der Waals surface area contributed by atoms with Crippen molar-refractivity contribution in [3.05, 3.63) is 63.3 Å². The molecule has 2 N–H and O–H groups in total. The molecule has 1 aromatic carbocycles. The number of rotatable bonds is 5. The molecule has 1 amide bonds. The Balaban J connectivity index is 1.61. The fraction of sp³-hybridized carbons (Fsp3) is 0.176. The molecule has 0 aliphatic heterocycles. The van der Waals surface area contributed by atoms with Crippen LogP contribution in [0, 0.1) is 6.92 Å². The number of thiazole rings is 1. The summed E-state index contributed by atoms with van der Waals surface area (Å²) < 4.78 is 0. The number of carbonyl (C=O) groups is 1. The lowest BCUT2D eigenvalue weighted by atomic mass is 10.1. The van der Waals surface area contributed by atoms with Crippen molar-refractivity contribution in [1.29, 1.82) is 0 Å². The number of aliphatic hydroxyl groups is 1. The first-order valence-corrected chi connectivity index (χ1v) is 8.96. The summed E-state index contributed by atoms with van der Waals surface area (Å²) >= 11 is 3.11. The summed E-state index contributed by atoms with van der Waals surface area (Å²) in [4.78, 5) is 16.6. The molecule has 0 fully saturated rings. The van der Waals surface area contributed by atoms with Gasteiger partial charge >= 0.3 is 0 Å². The molecule has 6 heteroatoms. The van der Waals surface area contributed by atoms with Crippen molar-refractivity contribution in [2.24, 2.45) is 0 Å². The highest BCUT2D eigenvalue weighted by Gasteiger charge is 2.11. The average Bonchev–Trinajstić information content (AvgIpc) is 3.24. The van der Waals surface area contributed by atoms with E-state index in [1.807, 2.05) is 41.3 Å². The third-order valence-corrected chi connectivity index (χ3v) is 5.11. The number of benzene rings is 1. The van der Waals surface area contributed by atoms with Gasteiger partial charge in [-0.1, -0.05) is 12.1 Å². The van der Waals surface area contributed by atoms with Crippen LogP contribution >= 0.6 is 22.7 Å². The fourth-order valence-corrected chi connectivity index (χ4v) is 3.64. The number of hydrogen-bond acceptors (Lipinski definition) is 5. The Kier molecular flexibility index (Phi) is 4.85. The average molecular weight is 344 g/mol. The Morgan fingerprint density at radius 2 is 2.04 bits per heavy atom. The van der Waals surface area contributed by atoms with Crippen molar-refractivity contribution in [2.45, 2.75) is 13.0 Å². The number of thiophene rings is 1. The van der Waals surface area contributed by atoms with Gasteiger partial charge in [-0.05, 0) is 41.4 Å². The van der Waals surface area contributed by atoms with E-state index in [1.165, 1.54) is 11.3 Å². The maximum Gasteiger partial charge on any atom is 0.251 e. The van der Waals surface area contributed by atoms with Crippen LogP contribution in [0.2, 0.25) is 0 Å². The molecular formula is C17H16N2O2S2. The topological polar surface area (TPSA) is 62.2 Å². The van der Waals surface area contributed by atoms with Crippen LogP contribution in [0.3, 0.4) is 0 Å². The van der Waals surface area contributed by atoms with E-state index in [2.05, 4.69) is 10.3 Å². The minimum atomic E-state index is -0.678. The first-order valence-electron chi connectivity index (χ1n) is 7.14. The summed E-state index contributed by atoms with van der Waals surface area (Å²) in [6, 6.07) is 9.19. The number of hydrogen-bond donors (Lipinski definition) is 2. The van der Waals surface area contributed by atoms with Gasteiger partial charge in [0.25, 0.3) is 5.91 Å². The maximum atomic E-state index is 12.1. The standard InChI is InChI=1S/C17H16N2O2S2/c1-11-9-23-17(19-11)13-4-2-12(3-5-13)16(21)18-8-15(20)14-6-7-22-10-14/h2-7,9-10,15,20H,8H2,1H3,(H,18,21). The molecule has 2 heterocycles. The summed E-state index contributed by atoms with van der Waals surface area (Å²) in [6.07, 6.45) is -0.678. The molecule has 3 aromatic rings. The van der Waals surface area contributed by atoms with Crippen LogP contribution in [0.5, 0.6) is 0 Å². The van der Waals surface area contributed by atoms with Gasteiger partial charge < -0.3 is 10.4 Å². The van der Waals surface area contributed by atoms with Crippen LogP contribution < -0.4 is 5.32 Å². The number of aliphatic hydroxyl groups excluding tert-OH is 1. The number of aryl methyl sites for hydroxylation is 1. The number of nitrogens with one attached hydrogen (secondary N) is 1. The van der Waals surface area contributed by atoms with Gasteiger partial charge in [-0.15, -0.1) is 11.3 Å². The zero-order valence-corrected chi connectivity index (χ0v) is 14.2. The summed E-state index contributed by atoms with van der Waals surface area (Å²) in [6.45, 7) is 2.16. The predicted octanol–water partition coefficient (Wildman–Crippen LogP) is 3.64. The molecule has 0 spiro atoms. The van der Waals surface area contributed by atoms with Gasteiger partial charge in [-0.2, -0.15) is 11.3 Å². The molecule has 1 atom stereocenters. The van der Waals surface area contributed by atoms with Crippen molar-refractivity contribution < 1.29 is 9.90 Å². The van der Waals surface area contributed by atoms with E-state index in [1.54, 1.807) is 23.5 Å². The molecule has 2 aromatic heterocycles. The van der Waals surface area contributed by atoms with Crippen LogP contribution in [0.4, 0.5) is 0 Å². The van der Waals surface area contributed by atoms with E-state index in [-0.39, 0.29) is 12.5 Å². The highest BCUT2D eigenvalue weighted by atomic mass is 32.1. The van der Waals surface area contributed by atoms with E-state index < -0.39 is 6.10 Å². The molecule has 4 nitrogen and oxygen atoms in total. The fourth-order valence-electron chi connectivity index (χ4n) is 2.12. The summed E-state index contributed by atoms with van der Waals surface area (Å²) in [7, 11) is 0.